The van der Waals surface area contributed by atoms with E-state index in [4.69, 9.17) is 9.63 Å². The Labute approximate surface area is 141 Å². The van der Waals surface area contributed by atoms with Gasteiger partial charge in [-0.3, -0.25) is 4.79 Å². The van der Waals surface area contributed by atoms with Crippen LogP contribution in [0.15, 0.2) is 4.52 Å². The number of carboxylic acids is 1. The highest BCUT2D eigenvalue weighted by molar-refractivity contribution is 5.74. The van der Waals surface area contributed by atoms with Crippen LogP contribution in [0, 0.1) is 5.92 Å². The second-order valence-corrected chi connectivity index (χ2v) is 7.43. The first-order valence-electron chi connectivity index (χ1n) is 8.30. The zero-order valence-corrected chi connectivity index (χ0v) is 14.6. The van der Waals surface area contributed by atoms with E-state index in [2.05, 4.69) is 20.8 Å². The van der Waals surface area contributed by atoms with Gasteiger partial charge in [0.2, 0.25) is 5.89 Å². The molecule has 2 amide bonds. The number of carbonyl (C=O) groups excluding carboxylic acids is 1. The van der Waals surface area contributed by atoms with E-state index >= 15 is 0 Å². The van der Waals surface area contributed by atoms with Gasteiger partial charge >= 0.3 is 12.0 Å². The summed E-state index contributed by atoms with van der Waals surface area (Å²) in [5.74, 6) is -0.0833. The fraction of sp³-hybridized carbons (Fsp3) is 0.750. The molecule has 2 rings (SSSR count). The lowest BCUT2D eigenvalue weighted by Crippen LogP contribution is -2.44. The van der Waals surface area contributed by atoms with Crippen LogP contribution in [0.2, 0.25) is 0 Å². The minimum absolute atomic E-state index is 0.000575. The molecular weight excluding hydrogens is 312 g/mol. The summed E-state index contributed by atoms with van der Waals surface area (Å²) in [6, 6.07) is -0.707. The number of rotatable bonds is 4. The highest BCUT2D eigenvalue weighted by Crippen LogP contribution is 2.24. The summed E-state index contributed by atoms with van der Waals surface area (Å²) in [5.41, 5.74) is -0.216. The molecule has 8 heteroatoms. The molecule has 1 aliphatic carbocycles. The van der Waals surface area contributed by atoms with Crippen molar-refractivity contribution >= 4 is 12.0 Å². The number of carboxylic acid groups (broad SMARTS) is 1. The molecule has 1 atom stereocenters. The molecule has 0 aromatic carbocycles. The van der Waals surface area contributed by atoms with Gasteiger partial charge in [-0.2, -0.15) is 4.98 Å². The van der Waals surface area contributed by atoms with E-state index in [-0.39, 0.29) is 23.4 Å². The topological polar surface area (TPSA) is 117 Å². The molecule has 0 saturated heterocycles. The van der Waals surface area contributed by atoms with Crippen LogP contribution in [0.1, 0.15) is 71.1 Å². The Morgan fingerprint density at radius 1 is 1.25 bits per heavy atom. The number of amides is 2. The molecule has 0 aliphatic heterocycles. The molecule has 134 valence electrons. The Balaban J connectivity index is 1.82. The number of aliphatic carboxylic acids is 1. The van der Waals surface area contributed by atoms with E-state index in [0.717, 1.165) is 0 Å². The van der Waals surface area contributed by atoms with Crippen molar-refractivity contribution in [3.63, 3.8) is 0 Å². The Hall–Kier alpha value is -2.12. The standard InChI is InChI=1S/C16H26N4O4/c1-9(12-19-14(20-24-12)16(2,3)4)17-15(23)18-11-7-5-10(6-8-11)13(21)22/h9-11H,5-8H2,1-4H3,(H,21,22)(H2,17,18,23). The Kier molecular flexibility index (Phi) is 5.46. The molecule has 0 radical (unpaired) electrons. The molecule has 8 nitrogen and oxygen atoms in total. The third-order valence-electron chi connectivity index (χ3n) is 4.24. The highest BCUT2D eigenvalue weighted by atomic mass is 16.5. The molecule has 1 aromatic heterocycles. The smallest absolute Gasteiger partial charge is 0.315 e. The van der Waals surface area contributed by atoms with Gasteiger partial charge in [0.05, 0.1) is 5.92 Å². The maximum atomic E-state index is 12.1. The Morgan fingerprint density at radius 3 is 2.38 bits per heavy atom. The van der Waals surface area contributed by atoms with Gasteiger partial charge in [0.25, 0.3) is 0 Å². The molecule has 0 spiro atoms. The normalized spacial score (nSPS) is 22.7. The minimum atomic E-state index is -0.752. The molecule has 1 aromatic rings. The average molecular weight is 338 g/mol. The van der Waals surface area contributed by atoms with Crippen molar-refractivity contribution in [2.24, 2.45) is 5.92 Å². The van der Waals surface area contributed by atoms with Crippen molar-refractivity contribution in [1.82, 2.24) is 20.8 Å². The number of urea groups is 1. The zero-order chi connectivity index (χ0) is 17.9. The summed E-state index contributed by atoms with van der Waals surface area (Å²) in [6.45, 7) is 7.74. The van der Waals surface area contributed by atoms with Gasteiger partial charge in [-0.15, -0.1) is 0 Å². The predicted molar refractivity (Wildman–Crippen MR) is 86.5 cm³/mol. The summed E-state index contributed by atoms with van der Waals surface area (Å²) >= 11 is 0. The van der Waals surface area contributed by atoms with Gasteiger partial charge in [-0.25, -0.2) is 4.79 Å². The van der Waals surface area contributed by atoms with Gasteiger partial charge in [0.1, 0.15) is 6.04 Å². The molecule has 0 bridgehead atoms. The first kappa shape index (κ1) is 18.2. The van der Waals surface area contributed by atoms with Crippen molar-refractivity contribution in [2.45, 2.75) is 70.9 Å². The molecule has 3 N–H and O–H groups in total. The van der Waals surface area contributed by atoms with Gasteiger partial charge in [0, 0.05) is 11.5 Å². The number of aromatic nitrogens is 2. The first-order valence-corrected chi connectivity index (χ1v) is 8.30. The van der Waals surface area contributed by atoms with Crippen LogP contribution in [-0.4, -0.2) is 33.3 Å². The van der Waals surface area contributed by atoms with Gasteiger partial charge in [-0.05, 0) is 32.6 Å². The fourth-order valence-corrected chi connectivity index (χ4v) is 2.69. The quantitative estimate of drug-likeness (QED) is 0.776. The van der Waals surface area contributed by atoms with Crippen molar-refractivity contribution in [1.29, 1.82) is 0 Å². The van der Waals surface area contributed by atoms with Crippen LogP contribution >= 0.6 is 0 Å². The third kappa shape index (κ3) is 4.69. The first-order chi connectivity index (χ1) is 11.2. The number of hydrogen-bond acceptors (Lipinski definition) is 5. The summed E-state index contributed by atoms with van der Waals surface area (Å²) in [4.78, 5) is 27.3. The van der Waals surface area contributed by atoms with Crippen LogP contribution in [0.25, 0.3) is 0 Å². The van der Waals surface area contributed by atoms with E-state index in [9.17, 15) is 9.59 Å². The number of carbonyl (C=O) groups is 2. The van der Waals surface area contributed by atoms with Crippen LogP contribution < -0.4 is 10.6 Å². The monoisotopic (exact) mass is 338 g/mol. The Morgan fingerprint density at radius 2 is 1.88 bits per heavy atom. The van der Waals surface area contributed by atoms with Gasteiger partial charge in [-0.1, -0.05) is 25.9 Å². The average Bonchev–Trinajstić information content (AvgIpc) is 2.97. The van der Waals surface area contributed by atoms with E-state index in [0.29, 0.717) is 37.4 Å². The summed E-state index contributed by atoms with van der Waals surface area (Å²) in [5, 5.41) is 18.6. The van der Waals surface area contributed by atoms with Crippen LogP contribution in [-0.2, 0) is 10.2 Å². The van der Waals surface area contributed by atoms with Gasteiger partial charge in [0.15, 0.2) is 5.82 Å². The molecule has 1 unspecified atom stereocenters. The minimum Gasteiger partial charge on any atom is -0.481 e. The predicted octanol–water partition coefficient (Wildman–Crippen LogP) is 2.37. The SMILES string of the molecule is CC(NC(=O)NC1CCC(C(=O)O)CC1)c1nc(C(C)(C)C)no1. The summed E-state index contributed by atoms with van der Waals surface area (Å²) in [7, 11) is 0. The second-order valence-electron chi connectivity index (χ2n) is 7.43. The molecular formula is C16H26N4O4. The highest BCUT2D eigenvalue weighted by Gasteiger charge is 2.28. The van der Waals surface area contributed by atoms with Crippen molar-refractivity contribution in [2.75, 3.05) is 0 Å². The van der Waals surface area contributed by atoms with E-state index < -0.39 is 12.0 Å². The van der Waals surface area contributed by atoms with E-state index in [1.165, 1.54) is 0 Å². The van der Waals surface area contributed by atoms with Crippen LogP contribution in [0.3, 0.4) is 0 Å². The van der Waals surface area contributed by atoms with Crippen molar-refractivity contribution in [3.05, 3.63) is 11.7 Å². The van der Waals surface area contributed by atoms with Gasteiger partial charge < -0.3 is 20.3 Å². The lowest BCUT2D eigenvalue weighted by molar-refractivity contribution is -0.142. The molecule has 24 heavy (non-hydrogen) atoms. The third-order valence-corrected chi connectivity index (χ3v) is 4.24. The molecule has 1 fully saturated rings. The van der Waals surface area contributed by atoms with Crippen molar-refractivity contribution in [3.8, 4) is 0 Å². The summed E-state index contributed by atoms with van der Waals surface area (Å²) in [6.07, 6.45) is 2.53. The maximum Gasteiger partial charge on any atom is 0.315 e. The maximum absolute atomic E-state index is 12.1. The van der Waals surface area contributed by atoms with Crippen molar-refractivity contribution < 1.29 is 19.2 Å². The lowest BCUT2D eigenvalue weighted by Gasteiger charge is -2.27. The molecule has 1 aliphatic rings. The van der Waals surface area contributed by atoms with Crippen LogP contribution in [0.5, 0.6) is 0 Å². The van der Waals surface area contributed by atoms with Crippen LogP contribution in [0.4, 0.5) is 4.79 Å². The summed E-state index contributed by atoms with van der Waals surface area (Å²) < 4.78 is 5.22. The number of hydrogen-bond donors (Lipinski definition) is 3. The van der Waals surface area contributed by atoms with E-state index in [1.807, 2.05) is 20.8 Å². The van der Waals surface area contributed by atoms with E-state index in [1.54, 1.807) is 6.92 Å². The molecule has 1 saturated carbocycles. The lowest BCUT2D eigenvalue weighted by atomic mass is 9.86. The molecule has 1 heterocycles. The number of nitrogens with zero attached hydrogens (tertiary/aromatic N) is 2. The Bertz CT molecular complexity index is 585. The fourth-order valence-electron chi connectivity index (χ4n) is 2.69. The number of nitrogens with one attached hydrogen (secondary N) is 2. The largest absolute Gasteiger partial charge is 0.481 e. The second kappa shape index (κ2) is 7.19. The zero-order valence-electron chi connectivity index (χ0n) is 14.6.